The first-order valence-corrected chi connectivity index (χ1v) is 22.3. The number of fused-ring (bicyclic) bond motifs is 1. The summed E-state index contributed by atoms with van der Waals surface area (Å²) < 4.78 is 22.2. The van der Waals surface area contributed by atoms with Crippen LogP contribution in [0.5, 0.6) is 0 Å². The smallest absolute Gasteiger partial charge is 0.255 e. The summed E-state index contributed by atoms with van der Waals surface area (Å²) in [5.74, 6) is -0.859. The van der Waals surface area contributed by atoms with E-state index in [9.17, 15) is 29.7 Å². The third kappa shape index (κ3) is 14.9. The van der Waals surface area contributed by atoms with Gasteiger partial charge in [-0.2, -0.15) is 0 Å². The van der Waals surface area contributed by atoms with E-state index in [0.717, 1.165) is 62.0 Å². The maximum atomic E-state index is 13.8. The molecule has 3 aromatic carbocycles. The minimum absolute atomic E-state index is 0.0130. The molecule has 1 atom stereocenters. The maximum absolute atomic E-state index is 13.8. The summed E-state index contributed by atoms with van der Waals surface area (Å²) in [6, 6.07) is 25.3. The monoisotopic (exact) mass is 883 g/mol. The van der Waals surface area contributed by atoms with Crippen molar-refractivity contribution >= 4 is 29.1 Å². The lowest BCUT2D eigenvalue weighted by atomic mass is 9.87. The third-order valence-corrected chi connectivity index (χ3v) is 11.2. The summed E-state index contributed by atoms with van der Waals surface area (Å²) in [4.78, 5) is 46.3. The summed E-state index contributed by atoms with van der Waals surface area (Å²) in [7, 11) is 0. The van der Waals surface area contributed by atoms with Crippen LogP contribution in [0.25, 0.3) is 11.3 Å². The fourth-order valence-electron chi connectivity index (χ4n) is 7.50. The van der Waals surface area contributed by atoms with Gasteiger partial charge in [0.05, 0.1) is 83.5 Å². The fraction of sp³-hybridized carbons (Fsp3) is 0.469. The Morgan fingerprint density at radius 3 is 2.12 bits per heavy atom. The first-order valence-electron chi connectivity index (χ1n) is 22.3. The van der Waals surface area contributed by atoms with Gasteiger partial charge in [0.1, 0.15) is 5.54 Å². The molecule has 5 rings (SSSR count). The second-order valence-corrected chi connectivity index (χ2v) is 15.7. The number of carbonyl (C=O) groups is 3. The highest BCUT2D eigenvalue weighted by Crippen LogP contribution is 2.33. The van der Waals surface area contributed by atoms with Crippen molar-refractivity contribution < 1.29 is 48.7 Å². The number of ether oxygens (including phenoxy) is 4. The number of amides is 3. The lowest BCUT2D eigenvalue weighted by Crippen LogP contribution is -2.57. The highest BCUT2D eigenvalue weighted by molar-refractivity contribution is 6.06. The SMILES string of the molecule is CCN(CC)c1ccc(NC(=O)c2cccc(CCCOCCOCCOCCOCCC(=O)NC(CO)(CO)CO)c2)c(-c2cc(C(=O)NC3CCCc4ccccc43)ccn2)c1. The molecule has 64 heavy (non-hydrogen) atoms. The molecule has 15 heteroatoms. The average molecular weight is 884 g/mol. The Hall–Kier alpha value is -5.26. The number of aliphatic hydroxyl groups is 3. The van der Waals surface area contributed by atoms with Crippen molar-refractivity contribution in [3.8, 4) is 11.3 Å². The van der Waals surface area contributed by atoms with E-state index in [1.807, 2.05) is 48.5 Å². The largest absolute Gasteiger partial charge is 0.394 e. The predicted octanol–water partition coefficient (Wildman–Crippen LogP) is 4.88. The van der Waals surface area contributed by atoms with E-state index >= 15 is 0 Å². The zero-order valence-corrected chi connectivity index (χ0v) is 37.2. The van der Waals surface area contributed by atoms with Crippen LogP contribution in [-0.4, -0.2) is 129 Å². The van der Waals surface area contributed by atoms with Gasteiger partial charge in [-0.3, -0.25) is 19.4 Å². The van der Waals surface area contributed by atoms with Crippen LogP contribution in [-0.2, 0) is 36.6 Å². The van der Waals surface area contributed by atoms with Crippen LogP contribution in [0.1, 0.15) is 83.0 Å². The van der Waals surface area contributed by atoms with Gasteiger partial charge in [0.2, 0.25) is 5.91 Å². The lowest BCUT2D eigenvalue weighted by molar-refractivity contribution is -0.126. The molecule has 0 radical (unpaired) electrons. The molecule has 346 valence electrons. The van der Waals surface area contributed by atoms with Gasteiger partial charge < -0.3 is 55.1 Å². The maximum Gasteiger partial charge on any atom is 0.255 e. The predicted molar refractivity (Wildman–Crippen MR) is 246 cm³/mol. The van der Waals surface area contributed by atoms with Crippen LogP contribution >= 0.6 is 0 Å². The van der Waals surface area contributed by atoms with E-state index in [1.165, 1.54) is 11.1 Å². The van der Waals surface area contributed by atoms with Gasteiger partial charge in [0, 0.05) is 54.7 Å². The Labute approximate surface area is 376 Å². The van der Waals surface area contributed by atoms with Crippen LogP contribution in [0, 0.1) is 0 Å². The van der Waals surface area contributed by atoms with E-state index in [2.05, 4.69) is 51.8 Å². The Morgan fingerprint density at radius 1 is 0.750 bits per heavy atom. The minimum Gasteiger partial charge on any atom is -0.394 e. The highest BCUT2D eigenvalue weighted by atomic mass is 16.6. The summed E-state index contributed by atoms with van der Waals surface area (Å²) in [5, 5.41) is 36.7. The summed E-state index contributed by atoms with van der Waals surface area (Å²) >= 11 is 0. The number of aliphatic hydroxyl groups excluding tert-OH is 3. The number of nitrogens with zero attached hydrogens (tertiary/aromatic N) is 2. The molecule has 0 aliphatic heterocycles. The number of rotatable bonds is 28. The quantitative estimate of drug-likeness (QED) is 0.0424. The second kappa shape index (κ2) is 26.5. The topological polar surface area (TPSA) is 201 Å². The number of hydrogen-bond donors (Lipinski definition) is 6. The van der Waals surface area contributed by atoms with Gasteiger partial charge in [-0.05, 0) is 105 Å². The molecular weight excluding hydrogens is 819 g/mol. The number of anilines is 2. The second-order valence-electron chi connectivity index (χ2n) is 15.7. The molecule has 0 saturated heterocycles. The highest BCUT2D eigenvalue weighted by Gasteiger charge is 2.29. The zero-order chi connectivity index (χ0) is 45.6. The van der Waals surface area contributed by atoms with E-state index in [0.29, 0.717) is 62.1 Å². The summed E-state index contributed by atoms with van der Waals surface area (Å²) in [5.41, 5.74) is 5.95. The van der Waals surface area contributed by atoms with Gasteiger partial charge in [-0.25, -0.2) is 0 Å². The van der Waals surface area contributed by atoms with Crippen molar-refractivity contribution in [3.63, 3.8) is 0 Å². The molecule has 0 spiro atoms. The van der Waals surface area contributed by atoms with E-state index in [-0.39, 0.29) is 37.5 Å². The van der Waals surface area contributed by atoms with Crippen LogP contribution in [0.4, 0.5) is 11.4 Å². The van der Waals surface area contributed by atoms with Crippen LogP contribution in [0.15, 0.2) is 85.1 Å². The number of nitrogens with one attached hydrogen (secondary N) is 3. The van der Waals surface area contributed by atoms with Gasteiger partial charge >= 0.3 is 0 Å². The Bertz CT molecular complexity index is 2070. The number of pyridine rings is 1. The van der Waals surface area contributed by atoms with E-state index in [4.69, 9.17) is 18.9 Å². The molecule has 1 aliphatic rings. The summed E-state index contributed by atoms with van der Waals surface area (Å²) in [6.45, 7) is 6.98. The van der Waals surface area contributed by atoms with E-state index in [1.54, 1.807) is 24.4 Å². The number of benzene rings is 3. The molecule has 0 saturated carbocycles. The fourth-order valence-corrected chi connectivity index (χ4v) is 7.50. The Morgan fingerprint density at radius 2 is 1.42 bits per heavy atom. The standard InChI is InChI=1S/C49H65N5O10/c1-3-54(4-2)40-17-18-44(42(32-40)45-31-39(19-21-50-45)48(60)51-43-16-8-13-37-12-5-6-15-41(37)43)52-47(59)38-14-7-10-36(30-38)11-9-22-61-24-26-63-28-29-64-27-25-62-23-20-46(58)53-49(33-55,34-56)35-57/h5-7,10,12,14-15,17-19,21,30-32,43,55-57H,3-4,8-9,11,13,16,20,22-29,33-35H2,1-2H3,(H,51,60)(H,52,59)(H,53,58). The number of aryl methyl sites for hydroxylation is 2. The van der Waals surface area contributed by atoms with Crippen molar-refractivity contribution in [2.24, 2.45) is 0 Å². The molecule has 1 aromatic heterocycles. The van der Waals surface area contributed by atoms with Crippen LogP contribution in [0.2, 0.25) is 0 Å². The molecule has 4 aromatic rings. The molecule has 1 heterocycles. The molecule has 0 fully saturated rings. The molecule has 15 nitrogen and oxygen atoms in total. The van der Waals surface area contributed by atoms with Crippen molar-refractivity contribution in [1.29, 1.82) is 0 Å². The van der Waals surface area contributed by atoms with Crippen LogP contribution in [0.3, 0.4) is 0 Å². The first-order chi connectivity index (χ1) is 31.2. The third-order valence-electron chi connectivity index (χ3n) is 11.2. The Balaban J connectivity index is 1.04. The molecule has 3 amide bonds. The van der Waals surface area contributed by atoms with Crippen molar-refractivity contribution in [1.82, 2.24) is 15.6 Å². The van der Waals surface area contributed by atoms with Gasteiger partial charge in [0.25, 0.3) is 11.8 Å². The normalized spacial score (nSPS) is 13.5. The van der Waals surface area contributed by atoms with Crippen LogP contribution < -0.4 is 20.9 Å². The van der Waals surface area contributed by atoms with Gasteiger partial charge in [-0.1, -0.05) is 36.4 Å². The molecule has 6 N–H and O–H groups in total. The van der Waals surface area contributed by atoms with Crippen molar-refractivity contribution in [3.05, 3.63) is 113 Å². The Kier molecular flexibility index (Phi) is 20.6. The molecular formula is C49H65N5O10. The number of carbonyl (C=O) groups excluding carboxylic acids is 3. The molecule has 1 aliphatic carbocycles. The average Bonchev–Trinajstić information content (AvgIpc) is 3.33. The zero-order valence-electron chi connectivity index (χ0n) is 37.2. The molecule has 0 bridgehead atoms. The lowest BCUT2D eigenvalue weighted by Gasteiger charge is -2.28. The number of hydrogen-bond acceptors (Lipinski definition) is 12. The number of aromatic nitrogens is 1. The van der Waals surface area contributed by atoms with Gasteiger partial charge in [-0.15, -0.1) is 0 Å². The van der Waals surface area contributed by atoms with Crippen molar-refractivity contribution in [2.45, 2.75) is 64.0 Å². The van der Waals surface area contributed by atoms with E-state index < -0.39 is 31.3 Å². The molecule has 1 unspecified atom stereocenters. The van der Waals surface area contributed by atoms with Crippen molar-refractivity contribution in [2.75, 3.05) is 96.0 Å². The summed E-state index contributed by atoms with van der Waals surface area (Å²) in [6.07, 6.45) is 6.07. The minimum atomic E-state index is -1.45. The van der Waals surface area contributed by atoms with Gasteiger partial charge in [0.15, 0.2) is 0 Å². The first kappa shape index (κ1) is 49.8.